The molecule has 6 nitrogen and oxygen atoms in total. The molecule has 0 aromatic heterocycles. The van der Waals surface area contributed by atoms with Crippen LogP contribution in [-0.4, -0.2) is 27.7 Å². The summed E-state index contributed by atoms with van der Waals surface area (Å²) in [4.78, 5) is 2.42. The maximum Gasteiger partial charge on any atom is 0.238 e. The highest BCUT2D eigenvalue weighted by Gasteiger charge is 2.28. The van der Waals surface area contributed by atoms with E-state index in [9.17, 15) is 8.42 Å². The van der Waals surface area contributed by atoms with Gasteiger partial charge in [0.15, 0.2) is 11.5 Å². The van der Waals surface area contributed by atoms with Crippen molar-refractivity contribution < 1.29 is 17.9 Å². The smallest absolute Gasteiger partial charge is 0.238 e. The second-order valence-corrected chi connectivity index (χ2v) is 9.02. The second-order valence-electron chi connectivity index (χ2n) is 6.60. The highest BCUT2D eigenvalue weighted by atomic mass is 79.9. The van der Waals surface area contributed by atoms with Crippen LogP contribution in [0.2, 0.25) is 0 Å². The van der Waals surface area contributed by atoms with Gasteiger partial charge in [-0.25, -0.2) is 13.6 Å². The van der Waals surface area contributed by atoms with Gasteiger partial charge < -0.3 is 14.4 Å². The third-order valence-electron chi connectivity index (χ3n) is 4.79. The molecule has 26 heavy (non-hydrogen) atoms. The van der Waals surface area contributed by atoms with E-state index in [-0.39, 0.29) is 10.9 Å². The lowest BCUT2D eigenvalue weighted by Crippen LogP contribution is -2.29. The number of hydrogen-bond donors (Lipinski definition) is 1. The quantitative estimate of drug-likeness (QED) is 0.796. The number of ether oxygens (including phenoxy) is 2. The summed E-state index contributed by atoms with van der Waals surface area (Å²) in [5, 5.41) is 5.26. The first kappa shape index (κ1) is 17.6. The van der Waals surface area contributed by atoms with Crippen LogP contribution in [0.3, 0.4) is 0 Å². The Bertz CT molecular complexity index is 977. The van der Waals surface area contributed by atoms with Crippen molar-refractivity contribution in [3.8, 4) is 11.5 Å². The van der Waals surface area contributed by atoms with Crippen LogP contribution in [0.5, 0.6) is 11.5 Å². The van der Waals surface area contributed by atoms with Crippen molar-refractivity contribution in [1.82, 2.24) is 0 Å². The van der Waals surface area contributed by atoms with Gasteiger partial charge in [0.05, 0.1) is 4.90 Å². The van der Waals surface area contributed by atoms with Gasteiger partial charge in [-0.3, -0.25) is 0 Å². The van der Waals surface area contributed by atoms with Crippen LogP contribution in [0.15, 0.2) is 39.7 Å². The number of fused-ring (bicyclic) bond motifs is 2. The molecule has 0 bridgehead atoms. The molecule has 1 atom stereocenters. The van der Waals surface area contributed by atoms with Gasteiger partial charge in [0, 0.05) is 22.7 Å². The average molecular weight is 439 g/mol. The molecular weight excluding hydrogens is 420 g/mol. The monoisotopic (exact) mass is 438 g/mol. The summed E-state index contributed by atoms with van der Waals surface area (Å²) in [6.07, 6.45) is 0.779. The van der Waals surface area contributed by atoms with E-state index >= 15 is 0 Å². The molecule has 0 amide bonds. The maximum absolute atomic E-state index is 11.6. The van der Waals surface area contributed by atoms with E-state index in [1.807, 2.05) is 18.2 Å². The Balaban J connectivity index is 1.66. The Morgan fingerprint density at radius 2 is 1.88 bits per heavy atom. The summed E-state index contributed by atoms with van der Waals surface area (Å²) >= 11 is 3.62. The minimum Gasteiger partial charge on any atom is -0.486 e. The molecule has 0 spiro atoms. The zero-order valence-corrected chi connectivity index (χ0v) is 16.6. The lowest BCUT2D eigenvalue weighted by atomic mass is 10.1. The number of nitrogens with two attached hydrogens (primary N) is 1. The van der Waals surface area contributed by atoms with Gasteiger partial charge in [-0.2, -0.15) is 0 Å². The number of sulfonamides is 1. The fourth-order valence-electron chi connectivity index (χ4n) is 3.50. The molecule has 138 valence electrons. The maximum atomic E-state index is 11.6. The number of primary sulfonamides is 1. The molecular formula is C18H19BrN2O4S. The van der Waals surface area contributed by atoms with Gasteiger partial charge in [0.1, 0.15) is 13.2 Å². The molecule has 4 rings (SSSR count). The predicted molar refractivity (Wildman–Crippen MR) is 102 cm³/mol. The first-order chi connectivity index (χ1) is 12.3. The Labute approximate surface area is 161 Å². The van der Waals surface area contributed by atoms with E-state index in [4.69, 9.17) is 14.6 Å². The molecule has 2 heterocycles. The molecule has 2 aliphatic heterocycles. The molecule has 8 heteroatoms. The fraction of sp³-hybridized carbons (Fsp3) is 0.333. The number of halogens is 1. The van der Waals surface area contributed by atoms with Gasteiger partial charge in [0.2, 0.25) is 10.0 Å². The van der Waals surface area contributed by atoms with E-state index < -0.39 is 10.0 Å². The highest BCUT2D eigenvalue weighted by molar-refractivity contribution is 9.10. The lowest BCUT2D eigenvalue weighted by Gasteiger charge is -2.27. The molecule has 0 saturated heterocycles. The highest BCUT2D eigenvalue weighted by Crippen LogP contribution is 2.39. The summed E-state index contributed by atoms with van der Waals surface area (Å²) < 4.78 is 35.5. The molecule has 0 radical (unpaired) electrons. The van der Waals surface area contributed by atoms with Gasteiger partial charge in [-0.15, -0.1) is 0 Å². The van der Waals surface area contributed by atoms with E-state index in [0.29, 0.717) is 19.8 Å². The number of hydrogen-bond acceptors (Lipinski definition) is 5. The molecule has 0 fully saturated rings. The SMILES string of the molecule is CC1Cc2cc(S(N)(=O)=O)ccc2N1Cc1cc2c(cc1Br)OCCO2. The third-order valence-corrected chi connectivity index (χ3v) is 6.44. The Morgan fingerprint density at radius 1 is 1.19 bits per heavy atom. The van der Waals surface area contributed by atoms with Crippen molar-refractivity contribution in [3.63, 3.8) is 0 Å². The summed E-state index contributed by atoms with van der Waals surface area (Å²) in [6, 6.07) is 9.28. The summed E-state index contributed by atoms with van der Waals surface area (Å²) in [5.74, 6) is 1.51. The summed E-state index contributed by atoms with van der Waals surface area (Å²) in [7, 11) is -3.69. The van der Waals surface area contributed by atoms with Crippen molar-refractivity contribution in [2.24, 2.45) is 5.14 Å². The molecule has 2 aromatic rings. The minimum atomic E-state index is -3.69. The van der Waals surface area contributed by atoms with Gasteiger partial charge >= 0.3 is 0 Å². The topological polar surface area (TPSA) is 81.9 Å². The standard InChI is InChI=1S/C18H19BrN2O4S/c1-11-6-12-7-14(26(20,22)23)2-3-16(12)21(11)10-13-8-17-18(9-15(13)19)25-5-4-24-17/h2-3,7-9,11H,4-6,10H2,1H3,(H2,20,22,23). The lowest BCUT2D eigenvalue weighted by molar-refractivity contribution is 0.171. The first-order valence-electron chi connectivity index (χ1n) is 8.33. The van der Waals surface area contributed by atoms with Crippen LogP contribution in [0, 0.1) is 0 Å². The predicted octanol–water partition coefficient (Wildman–Crippen LogP) is 2.82. The van der Waals surface area contributed by atoms with Crippen LogP contribution >= 0.6 is 15.9 Å². The van der Waals surface area contributed by atoms with Crippen LogP contribution in [0.25, 0.3) is 0 Å². The minimum absolute atomic E-state index is 0.158. The van der Waals surface area contributed by atoms with Crippen molar-refractivity contribution in [2.75, 3.05) is 18.1 Å². The van der Waals surface area contributed by atoms with Gasteiger partial charge in [-0.05, 0) is 54.8 Å². The number of benzene rings is 2. The number of nitrogens with zero attached hydrogens (tertiary/aromatic N) is 1. The zero-order chi connectivity index (χ0) is 18.5. The van der Waals surface area contributed by atoms with E-state index in [1.54, 1.807) is 12.1 Å². The molecule has 2 aromatic carbocycles. The van der Waals surface area contributed by atoms with Crippen LogP contribution < -0.4 is 19.5 Å². The average Bonchev–Trinajstić information content (AvgIpc) is 2.89. The molecule has 0 saturated carbocycles. The van der Waals surface area contributed by atoms with Crippen LogP contribution in [0.1, 0.15) is 18.1 Å². The third kappa shape index (κ3) is 3.17. The summed E-state index contributed by atoms with van der Waals surface area (Å²) in [5.41, 5.74) is 3.12. The van der Waals surface area contributed by atoms with Gasteiger partial charge in [0.25, 0.3) is 0 Å². The first-order valence-corrected chi connectivity index (χ1v) is 10.7. The van der Waals surface area contributed by atoms with E-state index in [0.717, 1.165) is 39.2 Å². The molecule has 2 N–H and O–H groups in total. The number of anilines is 1. The van der Waals surface area contributed by atoms with Crippen molar-refractivity contribution >= 4 is 31.6 Å². The van der Waals surface area contributed by atoms with Crippen LogP contribution in [0.4, 0.5) is 5.69 Å². The molecule has 1 unspecified atom stereocenters. The number of rotatable bonds is 3. The molecule has 0 aliphatic carbocycles. The zero-order valence-electron chi connectivity index (χ0n) is 14.2. The molecule has 2 aliphatic rings. The van der Waals surface area contributed by atoms with E-state index in [2.05, 4.69) is 27.8 Å². The van der Waals surface area contributed by atoms with Crippen LogP contribution in [-0.2, 0) is 23.0 Å². The normalized spacial score (nSPS) is 18.7. The Morgan fingerprint density at radius 3 is 2.58 bits per heavy atom. The largest absolute Gasteiger partial charge is 0.486 e. The van der Waals surface area contributed by atoms with Crippen molar-refractivity contribution in [3.05, 3.63) is 45.9 Å². The van der Waals surface area contributed by atoms with E-state index in [1.165, 1.54) is 0 Å². The Kier molecular flexibility index (Phi) is 4.37. The van der Waals surface area contributed by atoms with Crippen molar-refractivity contribution in [2.45, 2.75) is 30.8 Å². The van der Waals surface area contributed by atoms with Gasteiger partial charge in [-0.1, -0.05) is 15.9 Å². The fourth-order valence-corrected chi connectivity index (χ4v) is 4.51. The Hall–Kier alpha value is -1.77. The second kappa shape index (κ2) is 6.44. The summed E-state index contributed by atoms with van der Waals surface area (Å²) in [6.45, 7) is 3.91. The van der Waals surface area contributed by atoms with Crippen molar-refractivity contribution in [1.29, 1.82) is 0 Å².